The van der Waals surface area contributed by atoms with E-state index in [1.807, 2.05) is 49.4 Å². The molecule has 0 aliphatic carbocycles. The molecule has 2 heterocycles. The SMILES string of the molecule is CCN1CCN(CC(=O)NC2=Nc3ccccc3N=C(C)C2c2ccccc2)CC1. The van der Waals surface area contributed by atoms with E-state index in [2.05, 4.69) is 34.2 Å². The number of para-hydroxylation sites is 2. The molecule has 1 saturated heterocycles. The van der Waals surface area contributed by atoms with Gasteiger partial charge in [0.2, 0.25) is 5.91 Å². The highest BCUT2D eigenvalue weighted by molar-refractivity contribution is 6.17. The number of amidine groups is 1. The Labute approximate surface area is 178 Å². The van der Waals surface area contributed by atoms with Crippen LogP contribution < -0.4 is 5.32 Å². The van der Waals surface area contributed by atoms with Crippen LogP contribution in [-0.2, 0) is 4.79 Å². The van der Waals surface area contributed by atoms with Crippen LogP contribution in [0.2, 0.25) is 0 Å². The summed E-state index contributed by atoms with van der Waals surface area (Å²) in [6.45, 7) is 9.48. The number of aliphatic imine (C=N–C) groups is 2. The normalized spacial score (nSPS) is 20.0. The molecule has 0 aromatic heterocycles. The number of carbonyl (C=O) groups is 1. The maximum atomic E-state index is 13.0. The second kappa shape index (κ2) is 9.32. The van der Waals surface area contributed by atoms with Gasteiger partial charge in [-0.05, 0) is 31.2 Å². The van der Waals surface area contributed by atoms with E-state index in [0.717, 1.165) is 55.4 Å². The lowest BCUT2D eigenvalue weighted by Crippen LogP contribution is -2.50. The number of nitrogens with zero attached hydrogens (tertiary/aromatic N) is 4. The molecule has 1 unspecified atom stereocenters. The van der Waals surface area contributed by atoms with Crippen LogP contribution in [0.15, 0.2) is 64.6 Å². The third-order valence-electron chi connectivity index (χ3n) is 5.79. The van der Waals surface area contributed by atoms with Gasteiger partial charge in [0, 0.05) is 31.9 Å². The Kier molecular flexibility index (Phi) is 6.35. The number of carbonyl (C=O) groups excluding carboxylic acids is 1. The van der Waals surface area contributed by atoms with Crippen LogP contribution in [0, 0.1) is 0 Å². The molecular formula is C24H29N5O. The van der Waals surface area contributed by atoms with Gasteiger partial charge in [-0.3, -0.25) is 14.7 Å². The molecule has 2 aliphatic rings. The molecule has 1 atom stereocenters. The van der Waals surface area contributed by atoms with Crippen molar-refractivity contribution in [1.29, 1.82) is 0 Å². The van der Waals surface area contributed by atoms with Crippen LogP contribution in [0.5, 0.6) is 0 Å². The van der Waals surface area contributed by atoms with Crippen molar-refractivity contribution in [3.63, 3.8) is 0 Å². The topological polar surface area (TPSA) is 60.3 Å². The molecule has 6 heteroatoms. The maximum Gasteiger partial charge on any atom is 0.239 e. The Bertz CT molecular complexity index is 945. The van der Waals surface area contributed by atoms with Crippen molar-refractivity contribution < 1.29 is 4.79 Å². The van der Waals surface area contributed by atoms with Gasteiger partial charge >= 0.3 is 0 Å². The largest absolute Gasteiger partial charge is 0.312 e. The number of hydrogen-bond donors (Lipinski definition) is 1. The molecule has 1 N–H and O–H groups in total. The molecule has 2 aromatic rings. The molecule has 0 radical (unpaired) electrons. The van der Waals surface area contributed by atoms with Crippen molar-refractivity contribution in [2.75, 3.05) is 39.3 Å². The van der Waals surface area contributed by atoms with Crippen molar-refractivity contribution in [2.24, 2.45) is 9.98 Å². The minimum Gasteiger partial charge on any atom is -0.312 e. The number of piperazine rings is 1. The molecule has 156 valence electrons. The fourth-order valence-corrected chi connectivity index (χ4v) is 4.09. The summed E-state index contributed by atoms with van der Waals surface area (Å²) in [4.78, 5) is 27.2. The van der Waals surface area contributed by atoms with Gasteiger partial charge in [0.05, 0.1) is 23.8 Å². The zero-order valence-electron chi connectivity index (χ0n) is 17.7. The highest BCUT2D eigenvalue weighted by Crippen LogP contribution is 2.34. The minimum absolute atomic E-state index is 0.0215. The van der Waals surface area contributed by atoms with Crippen molar-refractivity contribution in [3.8, 4) is 0 Å². The number of benzene rings is 2. The zero-order valence-corrected chi connectivity index (χ0v) is 17.7. The Hall–Kier alpha value is -2.83. The number of fused-ring (bicyclic) bond motifs is 1. The monoisotopic (exact) mass is 403 g/mol. The number of likely N-dealkylation sites (N-methyl/N-ethyl adjacent to an activating group) is 1. The second-order valence-corrected chi connectivity index (χ2v) is 7.84. The Morgan fingerprint density at radius 2 is 1.53 bits per heavy atom. The first-order chi connectivity index (χ1) is 14.6. The summed E-state index contributed by atoms with van der Waals surface area (Å²) >= 11 is 0. The third kappa shape index (κ3) is 4.66. The van der Waals surface area contributed by atoms with E-state index in [-0.39, 0.29) is 11.8 Å². The number of rotatable bonds is 4. The first kappa shape index (κ1) is 20.4. The lowest BCUT2D eigenvalue weighted by atomic mass is 9.93. The molecule has 0 spiro atoms. The zero-order chi connectivity index (χ0) is 20.9. The molecule has 30 heavy (non-hydrogen) atoms. The molecule has 4 rings (SSSR count). The van der Waals surface area contributed by atoms with E-state index in [1.54, 1.807) is 0 Å². The Morgan fingerprint density at radius 3 is 2.20 bits per heavy atom. The molecule has 0 saturated carbocycles. The molecule has 2 aromatic carbocycles. The Balaban J connectivity index is 1.57. The van der Waals surface area contributed by atoms with E-state index in [9.17, 15) is 4.79 Å². The molecule has 1 fully saturated rings. The first-order valence-corrected chi connectivity index (χ1v) is 10.7. The van der Waals surface area contributed by atoms with Crippen molar-refractivity contribution >= 4 is 28.8 Å². The Morgan fingerprint density at radius 1 is 0.933 bits per heavy atom. The van der Waals surface area contributed by atoms with E-state index in [4.69, 9.17) is 9.98 Å². The number of amides is 1. The lowest BCUT2D eigenvalue weighted by Gasteiger charge is -2.33. The highest BCUT2D eigenvalue weighted by atomic mass is 16.2. The van der Waals surface area contributed by atoms with Gasteiger partial charge in [-0.15, -0.1) is 0 Å². The van der Waals surface area contributed by atoms with Crippen LogP contribution in [0.25, 0.3) is 0 Å². The summed E-state index contributed by atoms with van der Waals surface area (Å²) in [5.41, 5.74) is 3.60. The number of nitrogens with one attached hydrogen (secondary N) is 1. The second-order valence-electron chi connectivity index (χ2n) is 7.84. The average Bonchev–Trinajstić information content (AvgIpc) is 2.90. The van der Waals surface area contributed by atoms with E-state index in [0.29, 0.717) is 12.4 Å². The van der Waals surface area contributed by atoms with Crippen molar-refractivity contribution in [2.45, 2.75) is 19.8 Å². The molecule has 2 aliphatic heterocycles. The molecular weight excluding hydrogens is 374 g/mol. The summed E-state index contributed by atoms with van der Waals surface area (Å²) in [5, 5.41) is 3.13. The van der Waals surface area contributed by atoms with Crippen LogP contribution >= 0.6 is 0 Å². The molecule has 0 bridgehead atoms. The summed E-state index contributed by atoms with van der Waals surface area (Å²) in [6.07, 6.45) is 0. The van der Waals surface area contributed by atoms with Crippen LogP contribution in [0.4, 0.5) is 11.4 Å². The first-order valence-electron chi connectivity index (χ1n) is 10.7. The number of hydrogen-bond acceptors (Lipinski definition) is 5. The predicted molar refractivity (Wildman–Crippen MR) is 122 cm³/mol. The average molecular weight is 404 g/mol. The lowest BCUT2D eigenvalue weighted by molar-refractivity contribution is -0.121. The standard InChI is InChI=1S/C24H29N5O/c1-3-28-13-15-29(16-14-28)17-22(30)27-24-23(19-9-5-4-6-10-19)18(2)25-20-11-7-8-12-21(20)26-24/h4-12,23H,3,13-17H2,1-2H3,(H,26,27,30). The fourth-order valence-electron chi connectivity index (χ4n) is 4.09. The van der Waals surface area contributed by atoms with Gasteiger partial charge < -0.3 is 10.2 Å². The highest BCUT2D eigenvalue weighted by Gasteiger charge is 2.27. The summed E-state index contributed by atoms with van der Waals surface area (Å²) in [7, 11) is 0. The van der Waals surface area contributed by atoms with Crippen LogP contribution in [0.1, 0.15) is 25.3 Å². The van der Waals surface area contributed by atoms with Crippen molar-refractivity contribution in [1.82, 2.24) is 15.1 Å². The van der Waals surface area contributed by atoms with E-state index in [1.165, 1.54) is 0 Å². The fraction of sp³-hybridized carbons (Fsp3) is 0.375. The van der Waals surface area contributed by atoms with Gasteiger partial charge in [0.25, 0.3) is 0 Å². The van der Waals surface area contributed by atoms with E-state index >= 15 is 0 Å². The summed E-state index contributed by atoms with van der Waals surface area (Å²) in [6, 6.07) is 17.9. The minimum atomic E-state index is -0.181. The predicted octanol–water partition coefficient (Wildman–Crippen LogP) is 3.36. The van der Waals surface area contributed by atoms with Gasteiger partial charge in [0.15, 0.2) is 0 Å². The van der Waals surface area contributed by atoms with Crippen LogP contribution in [-0.4, -0.2) is 66.5 Å². The van der Waals surface area contributed by atoms with E-state index < -0.39 is 0 Å². The van der Waals surface area contributed by atoms with Gasteiger partial charge in [-0.1, -0.05) is 49.4 Å². The third-order valence-corrected chi connectivity index (χ3v) is 5.79. The molecule has 1 amide bonds. The maximum absolute atomic E-state index is 13.0. The van der Waals surface area contributed by atoms with Gasteiger partial charge in [0.1, 0.15) is 5.84 Å². The quantitative estimate of drug-likeness (QED) is 0.852. The smallest absolute Gasteiger partial charge is 0.239 e. The summed E-state index contributed by atoms with van der Waals surface area (Å²) < 4.78 is 0. The van der Waals surface area contributed by atoms with Gasteiger partial charge in [-0.2, -0.15) is 0 Å². The van der Waals surface area contributed by atoms with Crippen LogP contribution in [0.3, 0.4) is 0 Å². The summed E-state index contributed by atoms with van der Waals surface area (Å²) in [5.74, 6) is 0.441. The molecule has 6 nitrogen and oxygen atoms in total. The van der Waals surface area contributed by atoms with Crippen molar-refractivity contribution in [3.05, 3.63) is 60.2 Å². The van der Waals surface area contributed by atoms with Gasteiger partial charge in [-0.25, -0.2) is 4.99 Å².